The zero-order chi connectivity index (χ0) is 8.10. The molecule has 0 amide bonds. The van der Waals surface area contributed by atoms with Gasteiger partial charge in [0.25, 0.3) is 0 Å². The van der Waals surface area contributed by atoms with Crippen molar-refractivity contribution in [3.05, 3.63) is 47.1 Å². The van der Waals surface area contributed by atoms with Gasteiger partial charge in [0.05, 0.1) is 0 Å². The van der Waals surface area contributed by atoms with E-state index >= 15 is 0 Å². The smallest absolute Gasteiger partial charge is 0.392 e. The highest BCUT2D eigenvalue weighted by Gasteiger charge is 2.00. The fourth-order valence-corrected chi connectivity index (χ4v) is 0.738. The van der Waals surface area contributed by atoms with Crippen molar-refractivity contribution in [2.45, 2.75) is 0 Å². The second-order valence-electron chi connectivity index (χ2n) is 2.00. The van der Waals surface area contributed by atoms with E-state index in [1.54, 1.807) is 24.3 Å². The van der Waals surface area contributed by atoms with Gasteiger partial charge in [0.15, 0.2) is 4.98 Å². The first-order valence-corrected chi connectivity index (χ1v) is 3.13. The minimum absolute atomic E-state index is 0.0481. The topological polar surface area (TPSA) is 48.4 Å². The lowest BCUT2D eigenvalue weighted by Crippen LogP contribution is -1.78. The third kappa shape index (κ3) is 1.80. The lowest BCUT2D eigenvalue weighted by atomic mass is 10.2. The Bertz CT molecular complexity index is 298. The van der Waals surface area contributed by atoms with E-state index in [2.05, 4.69) is 4.98 Å². The summed E-state index contributed by atoms with van der Waals surface area (Å²) >= 11 is 0. The Hall–Kier alpha value is -1.82. The molecule has 1 aromatic carbocycles. The molecule has 1 aromatic rings. The van der Waals surface area contributed by atoms with Crippen molar-refractivity contribution in [1.82, 2.24) is 0 Å². The van der Waals surface area contributed by atoms with Crippen LogP contribution >= 0.6 is 0 Å². The van der Waals surface area contributed by atoms with E-state index < -0.39 is 0 Å². The monoisotopic (exact) mass is 147 g/mol. The van der Waals surface area contributed by atoms with Gasteiger partial charge in [-0.3, -0.25) is 0 Å². The van der Waals surface area contributed by atoms with Crippen LogP contribution in [0.2, 0.25) is 0 Å². The molecule has 0 saturated carbocycles. The Balaban J connectivity index is 2.96. The van der Waals surface area contributed by atoms with Crippen LogP contribution in [0, 0.1) is 5.39 Å². The number of rotatable bonds is 1. The average molecular weight is 147 g/mol. The van der Waals surface area contributed by atoms with Gasteiger partial charge in [-0.25, -0.2) is 0 Å². The molecule has 3 heteroatoms. The van der Waals surface area contributed by atoms with Crippen molar-refractivity contribution in [2.75, 3.05) is 0 Å². The minimum Gasteiger partial charge on any atom is -0.501 e. The predicted molar refractivity (Wildman–Crippen MR) is 42.1 cm³/mol. The molecular weight excluding hydrogens is 140 g/mol. The summed E-state index contributed by atoms with van der Waals surface area (Å²) in [5.41, 5.74) is 0.630. The average Bonchev–Trinajstić information content (AvgIpc) is 2.07. The van der Waals surface area contributed by atoms with E-state index in [-0.39, 0.29) is 5.76 Å². The van der Waals surface area contributed by atoms with E-state index in [0.717, 1.165) is 6.20 Å². The van der Waals surface area contributed by atoms with Gasteiger partial charge in [-0.2, -0.15) is 0 Å². The molecule has 0 aromatic heterocycles. The Morgan fingerprint density at radius 2 is 2.00 bits per heavy atom. The third-order valence-electron chi connectivity index (χ3n) is 1.25. The first-order valence-electron chi connectivity index (χ1n) is 3.13. The lowest BCUT2D eigenvalue weighted by molar-refractivity contribution is 0.511. The van der Waals surface area contributed by atoms with Crippen LogP contribution in [0.15, 0.2) is 36.5 Å². The molecule has 54 valence electrons. The van der Waals surface area contributed by atoms with Crippen molar-refractivity contribution >= 4 is 5.76 Å². The van der Waals surface area contributed by atoms with Crippen LogP contribution in [0.4, 0.5) is 0 Å². The van der Waals surface area contributed by atoms with Crippen LogP contribution < -0.4 is 0 Å². The van der Waals surface area contributed by atoms with Crippen LogP contribution in [0.1, 0.15) is 5.56 Å². The predicted octanol–water partition coefficient (Wildman–Crippen LogP) is 2.40. The number of benzene rings is 1. The first-order chi connectivity index (χ1) is 5.34. The highest BCUT2D eigenvalue weighted by Crippen LogP contribution is 2.09. The molecular formula is C8H7N2O+. The molecule has 1 rings (SSSR count). The standard InChI is InChI=1S/C8H6N2O/c9-10-6-8(11)7-4-2-1-3-5-7/h1-6H/p+1. The highest BCUT2D eigenvalue weighted by molar-refractivity contribution is 5.58. The molecule has 0 aliphatic heterocycles. The molecule has 3 nitrogen and oxygen atoms in total. The summed E-state index contributed by atoms with van der Waals surface area (Å²) < 4.78 is 0. The van der Waals surface area contributed by atoms with Gasteiger partial charge >= 0.3 is 6.20 Å². The van der Waals surface area contributed by atoms with Crippen LogP contribution in [0.3, 0.4) is 0 Å². The lowest BCUT2D eigenvalue weighted by Gasteiger charge is -1.91. The van der Waals surface area contributed by atoms with Gasteiger partial charge in [-0.15, -0.1) is 0 Å². The van der Waals surface area contributed by atoms with Crippen molar-refractivity contribution in [3.8, 4) is 0 Å². The Labute approximate surface area is 64.2 Å². The molecule has 0 aliphatic rings. The van der Waals surface area contributed by atoms with Gasteiger partial charge < -0.3 is 5.11 Å². The summed E-state index contributed by atoms with van der Waals surface area (Å²) in [5.74, 6) is -0.0481. The number of hydrogen-bond acceptors (Lipinski definition) is 2. The van der Waals surface area contributed by atoms with Gasteiger partial charge in [0.2, 0.25) is 11.2 Å². The minimum atomic E-state index is -0.0481. The van der Waals surface area contributed by atoms with Crippen molar-refractivity contribution in [3.63, 3.8) is 0 Å². The van der Waals surface area contributed by atoms with Crippen molar-refractivity contribution in [1.29, 1.82) is 5.39 Å². The van der Waals surface area contributed by atoms with Crippen molar-refractivity contribution in [2.24, 2.45) is 0 Å². The number of aliphatic hydroxyl groups excluding tert-OH is 1. The van der Waals surface area contributed by atoms with Gasteiger partial charge in [-0.1, -0.05) is 30.3 Å². The molecule has 1 N–H and O–H groups in total. The van der Waals surface area contributed by atoms with Gasteiger partial charge in [-0.05, 0) is 0 Å². The van der Waals surface area contributed by atoms with Crippen LogP contribution in [-0.2, 0) is 0 Å². The van der Waals surface area contributed by atoms with Crippen LogP contribution in [-0.4, -0.2) is 5.11 Å². The highest BCUT2D eigenvalue weighted by atomic mass is 16.3. The van der Waals surface area contributed by atoms with Crippen molar-refractivity contribution < 1.29 is 5.11 Å². The van der Waals surface area contributed by atoms with E-state index in [9.17, 15) is 0 Å². The number of hydrogen-bond donors (Lipinski definition) is 1. The molecule has 0 bridgehead atoms. The third-order valence-corrected chi connectivity index (χ3v) is 1.25. The fraction of sp³-hybridized carbons (Fsp3) is 0. The molecule has 0 fully saturated rings. The zero-order valence-electron chi connectivity index (χ0n) is 5.81. The summed E-state index contributed by atoms with van der Waals surface area (Å²) in [6.45, 7) is 0. The van der Waals surface area contributed by atoms with E-state index in [1.807, 2.05) is 6.07 Å². The Morgan fingerprint density at radius 1 is 1.36 bits per heavy atom. The number of diazo groups is 1. The van der Waals surface area contributed by atoms with Crippen LogP contribution in [0.5, 0.6) is 0 Å². The number of aliphatic hydroxyl groups is 1. The van der Waals surface area contributed by atoms with E-state index in [4.69, 9.17) is 10.5 Å². The maximum absolute atomic E-state index is 9.13. The summed E-state index contributed by atoms with van der Waals surface area (Å²) in [6, 6.07) is 8.86. The largest absolute Gasteiger partial charge is 0.501 e. The number of nitrogens with zero attached hydrogens (tertiary/aromatic N) is 2. The maximum atomic E-state index is 9.13. The SMILES string of the molecule is N#[N+]C=C(O)c1ccccc1. The molecule has 0 spiro atoms. The van der Waals surface area contributed by atoms with E-state index in [0.29, 0.717) is 5.56 Å². The van der Waals surface area contributed by atoms with Gasteiger partial charge in [0.1, 0.15) is 0 Å². The van der Waals surface area contributed by atoms with Gasteiger partial charge in [0, 0.05) is 5.56 Å². The second kappa shape index (κ2) is 3.37. The fourth-order valence-electron chi connectivity index (χ4n) is 0.738. The van der Waals surface area contributed by atoms with Crippen LogP contribution in [0.25, 0.3) is 10.7 Å². The molecule has 11 heavy (non-hydrogen) atoms. The molecule has 0 aliphatic carbocycles. The molecule has 0 radical (unpaired) electrons. The summed E-state index contributed by atoms with van der Waals surface area (Å²) in [5, 5.41) is 17.2. The second-order valence-corrected chi connectivity index (χ2v) is 2.00. The molecule has 0 unspecified atom stereocenters. The quantitative estimate of drug-likeness (QED) is 0.489. The summed E-state index contributed by atoms with van der Waals surface area (Å²) in [6.07, 6.45) is 0.981. The summed E-state index contributed by atoms with van der Waals surface area (Å²) in [7, 11) is 0. The molecule has 0 saturated heterocycles. The molecule has 0 atom stereocenters. The maximum Gasteiger partial charge on any atom is 0.392 e. The first kappa shape index (κ1) is 7.29. The normalized spacial score (nSPS) is 10.6. The summed E-state index contributed by atoms with van der Waals surface area (Å²) in [4.78, 5) is 2.70. The zero-order valence-corrected chi connectivity index (χ0v) is 5.81. The molecule has 0 heterocycles. The van der Waals surface area contributed by atoms with E-state index in [1.165, 1.54) is 0 Å². The Morgan fingerprint density at radius 3 is 2.55 bits per heavy atom. The Kier molecular flexibility index (Phi) is 2.24.